The normalized spacial score (nSPS) is 12.1. The van der Waals surface area contributed by atoms with Gasteiger partial charge in [0.1, 0.15) is 0 Å². The molecule has 0 fully saturated rings. The number of carbonyl (C=O) groups is 1. The van der Waals surface area contributed by atoms with Crippen LogP contribution in [0.5, 0.6) is 0 Å². The van der Waals surface area contributed by atoms with E-state index in [4.69, 9.17) is 11.6 Å². The quantitative estimate of drug-likeness (QED) is 0.699. The number of halogens is 4. The zero-order valence-corrected chi connectivity index (χ0v) is 17.3. The van der Waals surface area contributed by atoms with Gasteiger partial charge in [-0.25, -0.2) is 12.7 Å². The average Bonchev–Trinajstić information content (AvgIpc) is 2.61. The van der Waals surface area contributed by atoms with Gasteiger partial charge in [-0.15, -0.1) is 0 Å². The van der Waals surface area contributed by atoms with Gasteiger partial charge in [-0.05, 0) is 42.8 Å². The van der Waals surface area contributed by atoms with Gasteiger partial charge in [0.25, 0.3) is 0 Å². The molecule has 6 nitrogen and oxygen atoms in total. The highest BCUT2D eigenvalue weighted by Crippen LogP contribution is 2.33. The van der Waals surface area contributed by atoms with Gasteiger partial charge < -0.3 is 10.6 Å². The van der Waals surface area contributed by atoms with Crippen molar-refractivity contribution in [3.63, 3.8) is 0 Å². The van der Waals surface area contributed by atoms with Gasteiger partial charge in [0.05, 0.1) is 27.7 Å². The lowest BCUT2D eigenvalue weighted by atomic mass is 10.2. The second kappa shape index (κ2) is 8.60. The van der Waals surface area contributed by atoms with Crippen molar-refractivity contribution < 1.29 is 26.4 Å². The second-order valence-electron chi connectivity index (χ2n) is 6.36. The fraction of sp³-hybridized carbons (Fsp3) is 0.278. The van der Waals surface area contributed by atoms with Crippen molar-refractivity contribution in [1.29, 1.82) is 0 Å². The Labute approximate surface area is 171 Å². The maximum Gasteiger partial charge on any atom is 0.416 e. The molecule has 0 unspecified atom stereocenters. The number of anilines is 2. The minimum atomic E-state index is -4.52. The average molecular weight is 450 g/mol. The molecule has 2 aromatic rings. The summed E-state index contributed by atoms with van der Waals surface area (Å²) in [6, 6.07) is 7.20. The van der Waals surface area contributed by atoms with E-state index in [-0.39, 0.29) is 27.8 Å². The zero-order chi connectivity index (χ0) is 22.0. The lowest BCUT2D eigenvalue weighted by Crippen LogP contribution is -2.24. The molecular weight excluding hydrogens is 431 g/mol. The van der Waals surface area contributed by atoms with Crippen LogP contribution in [0.4, 0.5) is 24.5 Å². The Kier molecular flexibility index (Phi) is 6.82. The van der Waals surface area contributed by atoms with Crippen LogP contribution in [-0.2, 0) is 21.0 Å². The van der Waals surface area contributed by atoms with E-state index in [1.54, 1.807) is 19.1 Å². The van der Waals surface area contributed by atoms with Crippen LogP contribution in [-0.4, -0.2) is 39.3 Å². The standard InChI is InChI=1S/C18H19ClF3N3O3S/c1-11-4-6-13(9-16(11)29(27,28)25(2)3)24-17(26)10-23-15-7-5-12(8-14(15)19)18(20,21)22/h4-9,23H,10H2,1-3H3,(H,24,26). The maximum atomic E-state index is 12.7. The van der Waals surface area contributed by atoms with E-state index in [2.05, 4.69) is 10.6 Å². The molecule has 0 saturated heterocycles. The number of benzene rings is 2. The summed E-state index contributed by atoms with van der Waals surface area (Å²) in [5.74, 6) is -0.530. The molecule has 0 radical (unpaired) electrons. The summed E-state index contributed by atoms with van der Waals surface area (Å²) in [5, 5.41) is 5.01. The number of aryl methyl sites for hydroxylation is 1. The van der Waals surface area contributed by atoms with Crippen molar-refractivity contribution in [1.82, 2.24) is 4.31 Å². The van der Waals surface area contributed by atoms with Gasteiger partial charge in [-0.3, -0.25) is 4.79 Å². The first-order chi connectivity index (χ1) is 13.3. The Morgan fingerprint density at radius 1 is 1.14 bits per heavy atom. The molecule has 2 rings (SSSR count). The van der Waals surface area contributed by atoms with Crippen molar-refractivity contribution in [2.75, 3.05) is 31.3 Å². The molecule has 0 spiro atoms. The second-order valence-corrected chi connectivity index (χ2v) is 8.89. The molecule has 1 amide bonds. The van der Waals surface area contributed by atoms with E-state index < -0.39 is 27.7 Å². The number of rotatable bonds is 6. The molecule has 0 atom stereocenters. The highest BCUT2D eigenvalue weighted by molar-refractivity contribution is 7.89. The number of nitrogens with one attached hydrogen (secondary N) is 2. The lowest BCUT2D eigenvalue weighted by Gasteiger charge is -2.15. The first kappa shape index (κ1) is 23.0. The summed E-state index contributed by atoms with van der Waals surface area (Å²) in [6.07, 6.45) is -4.52. The topological polar surface area (TPSA) is 78.5 Å². The number of nitrogens with zero attached hydrogens (tertiary/aromatic N) is 1. The number of sulfonamides is 1. The number of carbonyl (C=O) groups excluding carboxylic acids is 1. The minimum Gasteiger partial charge on any atom is -0.375 e. The summed E-state index contributed by atoms with van der Waals surface area (Å²) in [5.41, 5.74) is 0.0501. The van der Waals surface area contributed by atoms with Gasteiger partial charge in [-0.2, -0.15) is 13.2 Å². The molecule has 0 aliphatic heterocycles. The third-order valence-electron chi connectivity index (χ3n) is 3.97. The Balaban J connectivity index is 2.09. The number of hydrogen-bond donors (Lipinski definition) is 2. The third-order valence-corrected chi connectivity index (χ3v) is 6.24. The maximum absolute atomic E-state index is 12.7. The predicted molar refractivity (Wildman–Crippen MR) is 106 cm³/mol. The van der Waals surface area contributed by atoms with Gasteiger partial charge in [0.2, 0.25) is 15.9 Å². The van der Waals surface area contributed by atoms with E-state index in [9.17, 15) is 26.4 Å². The van der Waals surface area contributed by atoms with Crippen molar-refractivity contribution in [2.24, 2.45) is 0 Å². The fourth-order valence-corrected chi connectivity index (χ4v) is 3.76. The van der Waals surface area contributed by atoms with Crippen LogP contribution in [0.25, 0.3) is 0 Å². The van der Waals surface area contributed by atoms with Gasteiger partial charge in [0, 0.05) is 19.8 Å². The monoisotopic (exact) mass is 449 g/mol. The molecule has 0 aromatic heterocycles. The van der Waals surface area contributed by atoms with Gasteiger partial charge >= 0.3 is 6.18 Å². The molecule has 0 aliphatic rings. The van der Waals surface area contributed by atoms with Crippen LogP contribution in [0.2, 0.25) is 5.02 Å². The zero-order valence-electron chi connectivity index (χ0n) is 15.8. The van der Waals surface area contributed by atoms with Gasteiger partial charge in [0.15, 0.2) is 0 Å². The smallest absolute Gasteiger partial charge is 0.375 e. The van der Waals surface area contributed by atoms with E-state index in [0.717, 1.165) is 22.5 Å². The molecular formula is C18H19ClF3N3O3S. The summed E-state index contributed by atoms with van der Waals surface area (Å²) in [6.45, 7) is 1.35. The predicted octanol–water partition coefficient (Wildman–Crippen LogP) is 3.97. The van der Waals surface area contributed by atoms with Gasteiger partial charge in [-0.1, -0.05) is 17.7 Å². The molecule has 2 aromatic carbocycles. The molecule has 11 heteroatoms. The van der Waals surface area contributed by atoms with Crippen LogP contribution < -0.4 is 10.6 Å². The van der Waals surface area contributed by atoms with Crippen molar-refractivity contribution in [3.05, 3.63) is 52.5 Å². The van der Waals surface area contributed by atoms with Crippen LogP contribution in [0.3, 0.4) is 0 Å². The van der Waals surface area contributed by atoms with E-state index in [0.29, 0.717) is 5.56 Å². The third kappa shape index (κ3) is 5.62. The van der Waals surface area contributed by atoms with Crippen LogP contribution in [0.1, 0.15) is 11.1 Å². The van der Waals surface area contributed by atoms with E-state index in [1.807, 2.05) is 0 Å². The molecule has 0 bridgehead atoms. The molecule has 29 heavy (non-hydrogen) atoms. The van der Waals surface area contributed by atoms with Crippen molar-refractivity contribution >= 4 is 38.9 Å². The number of hydrogen-bond acceptors (Lipinski definition) is 4. The van der Waals surface area contributed by atoms with E-state index in [1.165, 1.54) is 20.2 Å². The Bertz CT molecular complexity index is 1020. The lowest BCUT2D eigenvalue weighted by molar-refractivity contribution is -0.137. The Hall–Kier alpha value is -2.30. The largest absolute Gasteiger partial charge is 0.416 e. The molecule has 0 saturated carbocycles. The summed E-state index contributed by atoms with van der Waals surface area (Å²) >= 11 is 5.83. The summed E-state index contributed by atoms with van der Waals surface area (Å²) in [4.78, 5) is 12.2. The summed E-state index contributed by atoms with van der Waals surface area (Å²) < 4.78 is 63.7. The fourth-order valence-electron chi connectivity index (χ4n) is 2.37. The highest BCUT2D eigenvalue weighted by Gasteiger charge is 2.30. The molecule has 0 aliphatic carbocycles. The number of amides is 1. The molecule has 0 heterocycles. The SMILES string of the molecule is Cc1ccc(NC(=O)CNc2ccc(C(F)(F)F)cc2Cl)cc1S(=O)(=O)N(C)C. The first-order valence-electron chi connectivity index (χ1n) is 8.26. The molecule has 2 N–H and O–H groups in total. The van der Waals surface area contributed by atoms with Crippen molar-refractivity contribution in [3.8, 4) is 0 Å². The Morgan fingerprint density at radius 2 is 1.79 bits per heavy atom. The highest BCUT2D eigenvalue weighted by atomic mass is 35.5. The number of alkyl halides is 3. The minimum absolute atomic E-state index is 0.0547. The first-order valence-corrected chi connectivity index (χ1v) is 10.1. The molecule has 158 valence electrons. The van der Waals surface area contributed by atoms with Crippen molar-refractivity contribution in [2.45, 2.75) is 18.0 Å². The Morgan fingerprint density at radius 3 is 2.34 bits per heavy atom. The van der Waals surface area contributed by atoms with E-state index >= 15 is 0 Å². The van der Waals surface area contributed by atoms with Crippen LogP contribution >= 0.6 is 11.6 Å². The summed E-state index contributed by atoms with van der Waals surface area (Å²) in [7, 11) is -0.885. The van der Waals surface area contributed by atoms with Crippen LogP contribution in [0, 0.1) is 6.92 Å². The van der Waals surface area contributed by atoms with Crippen LogP contribution in [0.15, 0.2) is 41.3 Å².